The van der Waals surface area contributed by atoms with E-state index in [-0.39, 0.29) is 34.8 Å². The molecule has 3 aromatic rings. The smallest absolute Gasteiger partial charge is 0.335 e. The number of nitrogens with one attached hydrogen (secondary N) is 1. The van der Waals surface area contributed by atoms with Crippen LogP contribution in [0.25, 0.3) is 0 Å². The minimum absolute atomic E-state index is 0.00129. The number of oxime groups is 1. The third kappa shape index (κ3) is 10.2. The van der Waals surface area contributed by atoms with Crippen LogP contribution < -0.4 is 10.2 Å². The minimum atomic E-state index is -1.09. The van der Waals surface area contributed by atoms with E-state index in [1.807, 2.05) is 12.1 Å². The Balaban J connectivity index is 1.10. The fourth-order valence-electron chi connectivity index (χ4n) is 7.04. The number of carbonyl (C=O) groups is 3. The molecule has 0 bridgehead atoms. The molecule has 3 aromatic carbocycles. The fourth-order valence-corrected chi connectivity index (χ4v) is 7.22. The Labute approximate surface area is 330 Å². The highest BCUT2D eigenvalue weighted by Gasteiger charge is 2.42. The summed E-state index contributed by atoms with van der Waals surface area (Å²) in [7, 11) is 1.64. The van der Waals surface area contributed by atoms with Crippen LogP contribution in [0, 0.1) is 5.82 Å². The first-order valence-electron chi connectivity index (χ1n) is 18.7. The zero-order valence-electron chi connectivity index (χ0n) is 31.3. The summed E-state index contributed by atoms with van der Waals surface area (Å²) in [5.74, 6) is -2.67. The lowest BCUT2D eigenvalue weighted by atomic mass is 9.89. The van der Waals surface area contributed by atoms with Crippen molar-refractivity contribution in [1.29, 1.82) is 0 Å². The number of carbonyl (C=O) groups excluding carboxylic acids is 2. The number of fused-ring (bicyclic) bond motifs is 1. The van der Waals surface area contributed by atoms with E-state index in [2.05, 4.69) is 26.3 Å². The van der Waals surface area contributed by atoms with Crippen LogP contribution in [0.2, 0.25) is 5.02 Å². The number of rotatable bonds is 18. The van der Waals surface area contributed by atoms with Crippen LogP contribution in [-0.2, 0) is 39.8 Å². The maximum absolute atomic E-state index is 14.8. The van der Waals surface area contributed by atoms with Crippen molar-refractivity contribution >= 4 is 46.5 Å². The molecule has 0 unspecified atom stereocenters. The van der Waals surface area contributed by atoms with E-state index in [0.717, 1.165) is 44.0 Å². The van der Waals surface area contributed by atoms with Crippen molar-refractivity contribution in [3.8, 4) is 0 Å². The number of anilines is 2. The molecule has 0 radical (unpaired) electrons. The highest BCUT2D eigenvalue weighted by molar-refractivity contribution is 6.31. The zero-order chi connectivity index (χ0) is 39.4. The van der Waals surface area contributed by atoms with E-state index >= 15 is 0 Å². The number of benzene rings is 3. The van der Waals surface area contributed by atoms with Gasteiger partial charge in [-0.25, -0.2) is 9.18 Å². The van der Waals surface area contributed by atoms with Crippen molar-refractivity contribution in [3.05, 3.63) is 93.8 Å². The average molecular weight is 796 g/mol. The molecule has 3 aliphatic rings. The molecule has 3 aliphatic heterocycles. The standard InChI is InChI=1S/C40H47ClFN5O9/c1-52-20-21-54-24-25-55-23-22-53-19-18-45-14-16-46(17-15-45)34-7-3-4-30-29(34)12-13-47(37(30)38(48)43-28-10-8-27(9-11-28)40(50)51)39(49)35-26-33(44-56-35)31-5-2-6-32(41)36(31)42/h2-11,35,37H,12-26H2,1H3,(H,43,48)(H,50,51)/t35-,37+/m1/s1. The van der Waals surface area contributed by atoms with E-state index in [1.165, 1.54) is 41.3 Å². The van der Waals surface area contributed by atoms with Gasteiger partial charge in [0.25, 0.3) is 11.8 Å². The molecule has 16 heteroatoms. The molecule has 56 heavy (non-hydrogen) atoms. The van der Waals surface area contributed by atoms with Crippen molar-refractivity contribution < 1.29 is 47.7 Å². The van der Waals surface area contributed by atoms with Gasteiger partial charge in [0.05, 0.1) is 62.5 Å². The molecular formula is C40H47ClFN5O9. The van der Waals surface area contributed by atoms with Gasteiger partial charge in [0, 0.05) is 69.7 Å². The summed E-state index contributed by atoms with van der Waals surface area (Å²) in [4.78, 5) is 51.6. The molecule has 2 amide bonds. The van der Waals surface area contributed by atoms with E-state index in [9.17, 15) is 23.9 Å². The summed E-state index contributed by atoms with van der Waals surface area (Å²) < 4.78 is 36.5. The average Bonchev–Trinajstić information content (AvgIpc) is 3.70. The van der Waals surface area contributed by atoms with Crippen LogP contribution in [-0.4, -0.2) is 137 Å². The number of halogens is 2. The molecule has 0 spiro atoms. The number of hydrogen-bond acceptors (Lipinski definition) is 11. The SMILES string of the molecule is COCCOCCOCCOCCN1CCN(c2cccc3c2CCN(C(=O)[C@H]2CC(c4cccc(Cl)c4F)=NO2)[C@@H]3C(=O)Nc2ccc(C(=O)O)cc2)CC1. The van der Waals surface area contributed by atoms with Gasteiger partial charge in [-0.3, -0.25) is 14.5 Å². The van der Waals surface area contributed by atoms with Crippen LogP contribution in [0.5, 0.6) is 0 Å². The van der Waals surface area contributed by atoms with Crippen LogP contribution >= 0.6 is 11.6 Å². The molecule has 2 N–H and O–H groups in total. The Kier molecular flexibility index (Phi) is 14.6. The molecule has 300 valence electrons. The van der Waals surface area contributed by atoms with E-state index < -0.39 is 35.7 Å². The molecule has 2 atom stereocenters. The second kappa shape index (κ2) is 20.0. The van der Waals surface area contributed by atoms with Gasteiger partial charge in [-0.05, 0) is 60.0 Å². The minimum Gasteiger partial charge on any atom is -0.478 e. The summed E-state index contributed by atoms with van der Waals surface area (Å²) in [5.41, 5.74) is 3.52. The van der Waals surface area contributed by atoms with Crippen molar-refractivity contribution in [2.24, 2.45) is 5.16 Å². The third-order valence-electron chi connectivity index (χ3n) is 9.97. The van der Waals surface area contributed by atoms with E-state index in [1.54, 1.807) is 13.2 Å². The number of ether oxygens (including phenoxy) is 4. The summed E-state index contributed by atoms with van der Waals surface area (Å²) in [6.45, 7) is 7.99. The number of hydrogen-bond donors (Lipinski definition) is 2. The lowest BCUT2D eigenvalue weighted by Gasteiger charge is -2.41. The van der Waals surface area contributed by atoms with Crippen molar-refractivity contribution in [2.75, 3.05) is 103 Å². The molecule has 14 nitrogen and oxygen atoms in total. The predicted molar refractivity (Wildman–Crippen MR) is 207 cm³/mol. The number of carboxylic acid groups (broad SMARTS) is 1. The molecule has 1 saturated heterocycles. The predicted octanol–water partition coefficient (Wildman–Crippen LogP) is 4.25. The Morgan fingerprint density at radius 3 is 2.27 bits per heavy atom. The largest absolute Gasteiger partial charge is 0.478 e. The Hall–Kier alpha value is -4.64. The highest BCUT2D eigenvalue weighted by Crippen LogP contribution is 2.38. The van der Waals surface area contributed by atoms with Crippen molar-refractivity contribution in [2.45, 2.75) is 25.0 Å². The maximum atomic E-state index is 14.8. The topological polar surface area (TPSA) is 152 Å². The summed E-state index contributed by atoms with van der Waals surface area (Å²) in [5, 5.41) is 16.2. The lowest BCUT2D eigenvalue weighted by Crippen LogP contribution is -2.50. The molecular weight excluding hydrogens is 749 g/mol. The monoisotopic (exact) mass is 795 g/mol. The quantitative estimate of drug-likeness (QED) is 0.178. The number of amides is 2. The fraction of sp³-hybridized carbons (Fsp3) is 0.450. The second-order valence-corrected chi connectivity index (χ2v) is 13.9. The lowest BCUT2D eigenvalue weighted by molar-refractivity contribution is -0.148. The molecule has 0 saturated carbocycles. The Morgan fingerprint density at radius 2 is 1.57 bits per heavy atom. The summed E-state index contributed by atoms with van der Waals surface area (Å²) in [6.07, 6.45) is -0.583. The van der Waals surface area contributed by atoms with Crippen molar-refractivity contribution in [3.63, 3.8) is 0 Å². The first-order valence-corrected chi connectivity index (χ1v) is 19.1. The van der Waals surface area contributed by atoms with Gasteiger partial charge >= 0.3 is 5.97 Å². The van der Waals surface area contributed by atoms with Gasteiger partial charge in [-0.2, -0.15) is 0 Å². The van der Waals surface area contributed by atoms with Gasteiger partial charge < -0.3 is 44.0 Å². The number of nitrogens with zero attached hydrogens (tertiary/aromatic N) is 4. The number of piperazine rings is 1. The van der Waals surface area contributed by atoms with Crippen LogP contribution in [0.1, 0.15) is 39.5 Å². The van der Waals surface area contributed by atoms with E-state index in [0.29, 0.717) is 63.9 Å². The maximum Gasteiger partial charge on any atom is 0.335 e. The molecule has 0 aromatic heterocycles. The second-order valence-electron chi connectivity index (χ2n) is 13.5. The van der Waals surface area contributed by atoms with Gasteiger partial charge in [0.2, 0.25) is 6.10 Å². The molecule has 3 heterocycles. The van der Waals surface area contributed by atoms with Gasteiger partial charge in [-0.1, -0.05) is 35.0 Å². The first-order chi connectivity index (χ1) is 27.2. The molecule has 0 aliphatic carbocycles. The molecule has 6 rings (SSSR count). The Morgan fingerprint density at radius 1 is 0.893 bits per heavy atom. The first kappa shape index (κ1) is 41.0. The normalized spacial score (nSPS) is 18.3. The van der Waals surface area contributed by atoms with Crippen LogP contribution in [0.4, 0.5) is 15.8 Å². The van der Waals surface area contributed by atoms with Gasteiger partial charge in [0.1, 0.15) is 6.04 Å². The van der Waals surface area contributed by atoms with E-state index in [4.69, 9.17) is 35.4 Å². The van der Waals surface area contributed by atoms with Gasteiger partial charge in [0.15, 0.2) is 5.82 Å². The number of methoxy groups -OCH3 is 1. The Bertz CT molecular complexity index is 1860. The summed E-state index contributed by atoms with van der Waals surface area (Å²) in [6, 6.07) is 15.1. The summed E-state index contributed by atoms with van der Waals surface area (Å²) >= 11 is 6.00. The number of carboxylic acids is 1. The van der Waals surface area contributed by atoms with Gasteiger partial charge in [-0.15, -0.1) is 0 Å². The molecule has 1 fully saturated rings. The van der Waals surface area contributed by atoms with Crippen LogP contribution in [0.3, 0.4) is 0 Å². The zero-order valence-corrected chi connectivity index (χ0v) is 32.0. The van der Waals surface area contributed by atoms with Crippen LogP contribution in [0.15, 0.2) is 65.8 Å². The number of aromatic carboxylic acids is 1. The van der Waals surface area contributed by atoms with Crippen molar-refractivity contribution in [1.82, 2.24) is 9.80 Å². The third-order valence-corrected chi connectivity index (χ3v) is 10.3. The highest BCUT2D eigenvalue weighted by atomic mass is 35.5.